The first-order chi connectivity index (χ1) is 28.0. The monoisotopic (exact) mass is 804 g/mol. The van der Waals surface area contributed by atoms with Gasteiger partial charge in [-0.25, -0.2) is 0 Å². The summed E-state index contributed by atoms with van der Waals surface area (Å²) in [4.78, 5) is 24.4. The van der Waals surface area contributed by atoms with Gasteiger partial charge in [-0.1, -0.05) is 218 Å². The number of nitrogens with one attached hydrogen (secondary N) is 1. The maximum atomic E-state index is 12.4. The smallest absolute Gasteiger partial charge is 0.305 e. The Morgan fingerprint density at radius 2 is 0.825 bits per heavy atom. The van der Waals surface area contributed by atoms with E-state index in [2.05, 4.69) is 31.3 Å². The number of amides is 1. The lowest BCUT2D eigenvalue weighted by molar-refractivity contribution is -0.143. The average Bonchev–Trinajstić information content (AvgIpc) is 3.21. The normalized spacial score (nSPS) is 12.8. The number of ether oxygens (including phenoxy) is 1. The van der Waals surface area contributed by atoms with Gasteiger partial charge in [-0.05, 0) is 57.8 Å². The van der Waals surface area contributed by atoms with E-state index in [9.17, 15) is 19.8 Å². The summed E-state index contributed by atoms with van der Waals surface area (Å²) < 4.78 is 5.45. The molecular formula is C51H97NO5. The number of rotatable bonds is 46. The van der Waals surface area contributed by atoms with Crippen LogP contribution in [0.3, 0.4) is 0 Å². The van der Waals surface area contributed by atoms with E-state index in [4.69, 9.17) is 4.74 Å². The summed E-state index contributed by atoms with van der Waals surface area (Å²) in [7, 11) is 0. The molecular weight excluding hydrogens is 707 g/mol. The van der Waals surface area contributed by atoms with Gasteiger partial charge in [0, 0.05) is 12.8 Å². The minimum Gasteiger partial charge on any atom is -0.466 e. The number of hydrogen-bond acceptors (Lipinski definition) is 5. The van der Waals surface area contributed by atoms with Crippen LogP contribution in [-0.2, 0) is 14.3 Å². The van der Waals surface area contributed by atoms with Gasteiger partial charge in [-0.15, -0.1) is 0 Å². The highest BCUT2D eigenvalue weighted by Gasteiger charge is 2.18. The van der Waals surface area contributed by atoms with E-state index >= 15 is 0 Å². The first-order valence-corrected chi connectivity index (χ1v) is 25.1. The molecule has 6 heteroatoms. The third-order valence-corrected chi connectivity index (χ3v) is 11.5. The highest BCUT2D eigenvalue weighted by Crippen LogP contribution is 2.15. The molecule has 0 saturated carbocycles. The van der Waals surface area contributed by atoms with Crippen LogP contribution in [-0.4, -0.2) is 47.4 Å². The molecule has 0 heterocycles. The highest BCUT2D eigenvalue weighted by molar-refractivity contribution is 5.76. The van der Waals surface area contributed by atoms with Gasteiger partial charge in [0.1, 0.15) is 0 Å². The van der Waals surface area contributed by atoms with Gasteiger partial charge in [0.2, 0.25) is 5.91 Å². The molecule has 0 aliphatic heterocycles. The quantitative estimate of drug-likeness (QED) is 0.0324. The van der Waals surface area contributed by atoms with Crippen LogP contribution in [0.15, 0.2) is 24.3 Å². The van der Waals surface area contributed by atoms with Gasteiger partial charge in [0.25, 0.3) is 0 Å². The summed E-state index contributed by atoms with van der Waals surface area (Å²) in [5.41, 5.74) is 0. The second-order valence-corrected chi connectivity index (χ2v) is 17.1. The molecule has 336 valence electrons. The lowest BCUT2D eigenvalue weighted by atomic mass is 10.0. The number of aliphatic hydroxyl groups is 2. The fourth-order valence-corrected chi connectivity index (χ4v) is 7.57. The van der Waals surface area contributed by atoms with Crippen molar-refractivity contribution in [2.45, 2.75) is 276 Å². The Hall–Kier alpha value is -1.66. The Bertz CT molecular complexity index is 889. The third kappa shape index (κ3) is 43.7. The van der Waals surface area contributed by atoms with Gasteiger partial charge in [-0.3, -0.25) is 9.59 Å². The Morgan fingerprint density at radius 1 is 0.474 bits per heavy atom. The van der Waals surface area contributed by atoms with Crippen molar-refractivity contribution >= 4 is 11.9 Å². The predicted octanol–water partition coefficient (Wildman–Crippen LogP) is 14.7. The van der Waals surface area contributed by atoms with E-state index in [0.29, 0.717) is 19.4 Å². The third-order valence-electron chi connectivity index (χ3n) is 11.5. The van der Waals surface area contributed by atoms with Crippen LogP contribution in [0, 0.1) is 0 Å². The lowest BCUT2D eigenvalue weighted by Gasteiger charge is -2.20. The van der Waals surface area contributed by atoms with E-state index in [0.717, 1.165) is 57.8 Å². The van der Waals surface area contributed by atoms with Crippen LogP contribution in [0.2, 0.25) is 0 Å². The van der Waals surface area contributed by atoms with E-state index in [1.807, 2.05) is 6.08 Å². The average molecular weight is 804 g/mol. The number of allylic oxidation sites excluding steroid dienone is 3. The molecule has 0 radical (unpaired) electrons. The summed E-state index contributed by atoms with van der Waals surface area (Å²) in [6.07, 6.45) is 54.5. The number of hydrogen-bond donors (Lipinski definition) is 3. The molecule has 0 spiro atoms. The Morgan fingerprint density at radius 3 is 1.26 bits per heavy atom. The lowest BCUT2D eigenvalue weighted by Crippen LogP contribution is -2.45. The molecule has 2 atom stereocenters. The van der Waals surface area contributed by atoms with Gasteiger partial charge < -0.3 is 20.3 Å². The fraction of sp³-hybridized carbons (Fsp3) is 0.882. The molecule has 0 fully saturated rings. The van der Waals surface area contributed by atoms with Crippen molar-refractivity contribution in [2.24, 2.45) is 0 Å². The highest BCUT2D eigenvalue weighted by atomic mass is 16.5. The molecule has 1 amide bonds. The zero-order valence-corrected chi connectivity index (χ0v) is 38.1. The van der Waals surface area contributed by atoms with Gasteiger partial charge in [0.05, 0.1) is 25.4 Å². The Kier molecular flexibility index (Phi) is 45.7. The number of carbonyl (C=O) groups excluding carboxylic acids is 2. The van der Waals surface area contributed by atoms with Crippen LogP contribution in [0.5, 0.6) is 0 Å². The zero-order chi connectivity index (χ0) is 41.5. The second-order valence-electron chi connectivity index (χ2n) is 17.1. The van der Waals surface area contributed by atoms with Crippen molar-refractivity contribution in [1.82, 2.24) is 5.32 Å². The molecule has 0 aromatic rings. The summed E-state index contributed by atoms with van der Waals surface area (Å²) in [5, 5.41) is 23.0. The molecule has 0 saturated heterocycles. The standard InChI is InChI=1S/C51H97NO5/c1-3-5-7-9-11-13-15-19-23-27-31-35-39-43-49(54)48(47-53)52-50(55)44-40-36-32-28-24-21-17-18-22-26-30-34-38-42-46-57-51(56)45-41-37-33-29-25-20-16-14-12-10-8-6-4-2/h14,16,39,43,48-49,53-54H,3-13,15,17-38,40-42,44-47H2,1-2H3,(H,52,55)/b16-14-,43-39+. The molecule has 0 aliphatic carbocycles. The van der Waals surface area contributed by atoms with Crippen LogP contribution in [0.4, 0.5) is 0 Å². The van der Waals surface area contributed by atoms with Crippen LogP contribution in [0.1, 0.15) is 264 Å². The van der Waals surface area contributed by atoms with Crippen LogP contribution < -0.4 is 5.32 Å². The predicted molar refractivity (Wildman–Crippen MR) is 246 cm³/mol. The van der Waals surface area contributed by atoms with Crippen molar-refractivity contribution in [3.8, 4) is 0 Å². The molecule has 6 nitrogen and oxygen atoms in total. The van der Waals surface area contributed by atoms with Crippen LogP contribution >= 0.6 is 0 Å². The maximum absolute atomic E-state index is 12.4. The van der Waals surface area contributed by atoms with E-state index < -0.39 is 12.1 Å². The van der Waals surface area contributed by atoms with Crippen molar-refractivity contribution in [1.29, 1.82) is 0 Å². The van der Waals surface area contributed by atoms with Gasteiger partial charge in [0.15, 0.2) is 0 Å². The van der Waals surface area contributed by atoms with E-state index in [1.165, 1.54) is 180 Å². The molecule has 3 N–H and O–H groups in total. The van der Waals surface area contributed by atoms with Crippen molar-refractivity contribution in [3.63, 3.8) is 0 Å². The fourth-order valence-electron chi connectivity index (χ4n) is 7.57. The number of carbonyl (C=O) groups is 2. The number of aliphatic hydroxyl groups excluding tert-OH is 2. The first-order valence-electron chi connectivity index (χ1n) is 25.1. The summed E-state index contributed by atoms with van der Waals surface area (Å²) in [5.74, 6) is -0.0925. The first kappa shape index (κ1) is 55.3. The molecule has 0 bridgehead atoms. The van der Waals surface area contributed by atoms with Gasteiger partial charge in [-0.2, -0.15) is 0 Å². The van der Waals surface area contributed by atoms with Crippen molar-refractivity contribution in [3.05, 3.63) is 24.3 Å². The molecule has 0 rings (SSSR count). The van der Waals surface area contributed by atoms with E-state index in [1.54, 1.807) is 6.08 Å². The zero-order valence-electron chi connectivity index (χ0n) is 38.1. The van der Waals surface area contributed by atoms with E-state index in [-0.39, 0.29) is 18.5 Å². The van der Waals surface area contributed by atoms with Gasteiger partial charge >= 0.3 is 5.97 Å². The minimum absolute atomic E-state index is 0.0131. The van der Waals surface area contributed by atoms with Crippen molar-refractivity contribution < 1.29 is 24.5 Å². The molecule has 0 aliphatic rings. The largest absolute Gasteiger partial charge is 0.466 e. The topological polar surface area (TPSA) is 95.9 Å². The molecule has 0 aromatic heterocycles. The van der Waals surface area contributed by atoms with Crippen molar-refractivity contribution in [2.75, 3.05) is 13.2 Å². The molecule has 2 unspecified atom stereocenters. The summed E-state index contributed by atoms with van der Waals surface area (Å²) in [6.45, 7) is 4.85. The number of esters is 1. The maximum Gasteiger partial charge on any atom is 0.305 e. The summed E-state index contributed by atoms with van der Waals surface area (Å²) >= 11 is 0. The Balaban J connectivity index is 3.48. The Labute approximate surface area is 354 Å². The molecule has 0 aromatic carbocycles. The molecule has 57 heavy (non-hydrogen) atoms. The van der Waals surface area contributed by atoms with Crippen LogP contribution in [0.25, 0.3) is 0 Å². The second kappa shape index (κ2) is 47.0. The minimum atomic E-state index is -0.850. The summed E-state index contributed by atoms with van der Waals surface area (Å²) in [6, 6.07) is -0.634. The number of unbranched alkanes of at least 4 members (excludes halogenated alkanes) is 33. The SMILES string of the molecule is CCCCCC/C=C\CCCCCCCC(=O)OCCCCCCCCCCCCCCCCC(=O)NC(CO)C(O)/C=C/CCCCCCCCCCCCC.